The molecule has 140 valence electrons. The number of carbonyl (C=O) groups excluding carboxylic acids is 3. The van der Waals surface area contributed by atoms with Crippen LogP contribution in [0.4, 0.5) is 5.69 Å². The Kier molecular flexibility index (Phi) is 5.64. The molecule has 6 nitrogen and oxygen atoms in total. The number of amides is 2. The normalized spacial score (nSPS) is 16.7. The first-order valence-corrected chi connectivity index (χ1v) is 9.12. The van der Waals surface area contributed by atoms with Crippen LogP contribution in [-0.4, -0.2) is 40.6 Å². The highest BCUT2D eigenvalue weighted by Crippen LogP contribution is 2.18. The molecule has 6 heteroatoms. The number of nitrogens with one attached hydrogen (secondary N) is 1. The minimum atomic E-state index is -0.419. The molecule has 2 aromatic rings. The third-order valence-electron chi connectivity index (χ3n) is 4.67. The van der Waals surface area contributed by atoms with E-state index in [0.717, 1.165) is 25.9 Å². The Morgan fingerprint density at radius 2 is 1.85 bits per heavy atom. The summed E-state index contributed by atoms with van der Waals surface area (Å²) in [6.45, 7) is 5.04. The highest BCUT2D eigenvalue weighted by Gasteiger charge is 2.23. The molecule has 1 aliphatic rings. The summed E-state index contributed by atoms with van der Waals surface area (Å²) in [5.74, 6) is -0.164. The SMILES string of the molecule is CC(=O)c1cccc(NC(=O)c2cccc(C(=O)N3CCCC(C)C3)n2)c1. The van der Waals surface area contributed by atoms with Crippen molar-refractivity contribution >= 4 is 23.3 Å². The Hall–Kier alpha value is -3.02. The van der Waals surface area contributed by atoms with Gasteiger partial charge in [0.2, 0.25) is 0 Å². The molecule has 1 aromatic heterocycles. The molecule has 0 bridgehead atoms. The van der Waals surface area contributed by atoms with Crippen molar-refractivity contribution < 1.29 is 14.4 Å². The second-order valence-corrected chi connectivity index (χ2v) is 7.00. The molecule has 2 heterocycles. The lowest BCUT2D eigenvalue weighted by Gasteiger charge is -2.30. The number of piperidine rings is 1. The van der Waals surface area contributed by atoms with Gasteiger partial charge in [0.05, 0.1) is 0 Å². The molecule has 1 aliphatic heterocycles. The summed E-state index contributed by atoms with van der Waals surface area (Å²) in [6.07, 6.45) is 2.11. The number of hydrogen-bond donors (Lipinski definition) is 1. The number of rotatable bonds is 4. The highest BCUT2D eigenvalue weighted by atomic mass is 16.2. The predicted molar refractivity (Wildman–Crippen MR) is 103 cm³/mol. The number of anilines is 1. The van der Waals surface area contributed by atoms with Crippen LogP contribution in [0, 0.1) is 5.92 Å². The standard InChI is InChI=1S/C21H23N3O3/c1-14-6-5-11-24(13-14)21(27)19-10-4-9-18(23-19)20(26)22-17-8-3-7-16(12-17)15(2)25/h3-4,7-10,12,14H,5-6,11,13H2,1-2H3,(H,22,26). The van der Waals surface area contributed by atoms with E-state index in [1.54, 1.807) is 47.4 Å². The molecule has 27 heavy (non-hydrogen) atoms. The van der Waals surface area contributed by atoms with Crippen LogP contribution in [0.25, 0.3) is 0 Å². The summed E-state index contributed by atoms with van der Waals surface area (Å²) < 4.78 is 0. The molecule has 3 rings (SSSR count). The van der Waals surface area contributed by atoms with Crippen LogP contribution >= 0.6 is 0 Å². The number of ketones is 1. The van der Waals surface area contributed by atoms with E-state index in [1.807, 2.05) is 0 Å². The second kappa shape index (κ2) is 8.12. The van der Waals surface area contributed by atoms with E-state index in [1.165, 1.54) is 6.92 Å². The van der Waals surface area contributed by atoms with Gasteiger partial charge in [0.1, 0.15) is 11.4 Å². The van der Waals surface area contributed by atoms with E-state index in [4.69, 9.17) is 0 Å². The lowest BCUT2D eigenvalue weighted by atomic mass is 10.00. The Morgan fingerprint density at radius 1 is 1.11 bits per heavy atom. The molecular formula is C21H23N3O3. The fraction of sp³-hybridized carbons (Fsp3) is 0.333. The van der Waals surface area contributed by atoms with Crippen LogP contribution in [0.3, 0.4) is 0 Å². The van der Waals surface area contributed by atoms with E-state index < -0.39 is 5.91 Å². The molecule has 1 aromatic carbocycles. The van der Waals surface area contributed by atoms with Crippen LogP contribution in [0.2, 0.25) is 0 Å². The zero-order chi connectivity index (χ0) is 19.4. The van der Waals surface area contributed by atoms with Crippen molar-refractivity contribution in [2.24, 2.45) is 5.92 Å². The van der Waals surface area contributed by atoms with Crippen LogP contribution in [0.15, 0.2) is 42.5 Å². The third-order valence-corrected chi connectivity index (χ3v) is 4.67. The fourth-order valence-corrected chi connectivity index (χ4v) is 3.23. The zero-order valence-corrected chi connectivity index (χ0v) is 15.6. The van der Waals surface area contributed by atoms with Crippen molar-refractivity contribution in [3.63, 3.8) is 0 Å². The Labute approximate surface area is 158 Å². The van der Waals surface area contributed by atoms with Crippen molar-refractivity contribution in [3.8, 4) is 0 Å². The summed E-state index contributed by atoms with van der Waals surface area (Å²) in [4.78, 5) is 42.7. The van der Waals surface area contributed by atoms with Gasteiger partial charge in [-0.15, -0.1) is 0 Å². The molecule has 2 amide bonds. The van der Waals surface area contributed by atoms with E-state index in [0.29, 0.717) is 17.2 Å². The minimum Gasteiger partial charge on any atom is -0.337 e. The molecule has 1 N–H and O–H groups in total. The molecular weight excluding hydrogens is 342 g/mol. The summed E-state index contributed by atoms with van der Waals surface area (Å²) in [5.41, 5.74) is 1.47. The van der Waals surface area contributed by atoms with Gasteiger partial charge in [0, 0.05) is 24.3 Å². The molecule has 0 radical (unpaired) electrons. The number of hydrogen-bond acceptors (Lipinski definition) is 4. The summed E-state index contributed by atoms with van der Waals surface area (Å²) in [7, 11) is 0. The maximum Gasteiger partial charge on any atom is 0.274 e. The number of benzene rings is 1. The smallest absolute Gasteiger partial charge is 0.274 e. The van der Waals surface area contributed by atoms with Crippen LogP contribution < -0.4 is 5.32 Å². The van der Waals surface area contributed by atoms with Gasteiger partial charge >= 0.3 is 0 Å². The van der Waals surface area contributed by atoms with Crippen molar-refractivity contribution in [3.05, 3.63) is 59.4 Å². The number of Topliss-reactive ketones (excluding diaryl/α,β-unsaturated/α-hetero) is 1. The first-order chi connectivity index (χ1) is 12.9. The number of pyridine rings is 1. The number of carbonyl (C=O) groups is 3. The Balaban J connectivity index is 1.74. The maximum absolute atomic E-state index is 12.7. The summed E-state index contributed by atoms with van der Waals surface area (Å²) >= 11 is 0. The van der Waals surface area contributed by atoms with Crippen molar-refractivity contribution in [2.75, 3.05) is 18.4 Å². The molecule has 1 atom stereocenters. The van der Waals surface area contributed by atoms with E-state index in [2.05, 4.69) is 17.2 Å². The first-order valence-electron chi connectivity index (χ1n) is 9.12. The van der Waals surface area contributed by atoms with Crippen molar-refractivity contribution in [2.45, 2.75) is 26.7 Å². The maximum atomic E-state index is 12.7. The van der Waals surface area contributed by atoms with Gasteiger partial charge in [0.15, 0.2) is 5.78 Å². The number of nitrogens with zero attached hydrogens (tertiary/aromatic N) is 2. The van der Waals surface area contributed by atoms with Gasteiger partial charge in [-0.3, -0.25) is 14.4 Å². The van der Waals surface area contributed by atoms with Gasteiger partial charge < -0.3 is 10.2 Å². The molecule has 1 fully saturated rings. The van der Waals surface area contributed by atoms with Crippen molar-refractivity contribution in [1.29, 1.82) is 0 Å². The Bertz CT molecular complexity index is 878. The monoisotopic (exact) mass is 365 g/mol. The average Bonchev–Trinajstić information content (AvgIpc) is 2.67. The van der Waals surface area contributed by atoms with E-state index in [9.17, 15) is 14.4 Å². The summed E-state index contributed by atoms with van der Waals surface area (Å²) in [6, 6.07) is 11.6. The number of aromatic nitrogens is 1. The molecule has 0 spiro atoms. The molecule has 1 unspecified atom stereocenters. The van der Waals surface area contributed by atoms with Crippen LogP contribution in [0.5, 0.6) is 0 Å². The quantitative estimate of drug-likeness (QED) is 0.842. The van der Waals surface area contributed by atoms with Gasteiger partial charge in [-0.2, -0.15) is 0 Å². The lowest BCUT2D eigenvalue weighted by Crippen LogP contribution is -2.39. The van der Waals surface area contributed by atoms with Crippen LogP contribution in [-0.2, 0) is 0 Å². The predicted octanol–water partition coefficient (Wildman–Crippen LogP) is 3.41. The van der Waals surface area contributed by atoms with Gasteiger partial charge in [-0.05, 0) is 49.9 Å². The highest BCUT2D eigenvalue weighted by molar-refractivity contribution is 6.04. The molecule has 1 saturated heterocycles. The zero-order valence-electron chi connectivity index (χ0n) is 15.6. The largest absolute Gasteiger partial charge is 0.337 e. The van der Waals surface area contributed by atoms with Crippen LogP contribution in [0.1, 0.15) is 58.0 Å². The van der Waals surface area contributed by atoms with Crippen molar-refractivity contribution in [1.82, 2.24) is 9.88 Å². The first kappa shape index (κ1) is 18.8. The minimum absolute atomic E-state index is 0.0763. The van der Waals surface area contributed by atoms with Gasteiger partial charge in [-0.1, -0.05) is 25.1 Å². The van der Waals surface area contributed by atoms with Gasteiger partial charge in [-0.25, -0.2) is 4.98 Å². The molecule has 0 aliphatic carbocycles. The summed E-state index contributed by atoms with van der Waals surface area (Å²) in [5, 5.41) is 2.73. The third kappa shape index (κ3) is 4.58. The van der Waals surface area contributed by atoms with E-state index in [-0.39, 0.29) is 23.1 Å². The van der Waals surface area contributed by atoms with E-state index >= 15 is 0 Å². The molecule has 0 saturated carbocycles. The lowest BCUT2D eigenvalue weighted by molar-refractivity contribution is 0.0677. The Morgan fingerprint density at radius 3 is 2.59 bits per heavy atom. The average molecular weight is 365 g/mol. The topological polar surface area (TPSA) is 79.4 Å². The fourth-order valence-electron chi connectivity index (χ4n) is 3.23. The number of likely N-dealkylation sites (tertiary alicyclic amines) is 1. The second-order valence-electron chi connectivity index (χ2n) is 7.00. The van der Waals surface area contributed by atoms with Gasteiger partial charge in [0.25, 0.3) is 11.8 Å².